The molecule has 0 unspecified atom stereocenters. The molecule has 0 bridgehead atoms. The highest BCUT2D eigenvalue weighted by Crippen LogP contribution is 2.25. The highest BCUT2D eigenvalue weighted by atomic mass is 32.1. The Bertz CT molecular complexity index is 573. The molecular formula is C14H19N3OS. The van der Waals surface area contributed by atoms with Gasteiger partial charge in [-0.1, -0.05) is 25.2 Å². The van der Waals surface area contributed by atoms with E-state index >= 15 is 0 Å². The average molecular weight is 277 g/mol. The Balaban J connectivity index is 2.28. The Labute approximate surface area is 117 Å². The first-order valence-corrected chi connectivity index (χ1v) is 7.42. The zero-order valence-corrected chi connectivity index (χ0v) is 12.2. The first kappa shape index (κ1) is 13.8. The Kier molecular flexibility index (Phi) is 4.37. The van der Waals surface area contributed by atoms with Gasteiger partial charge in [0.05, 0.1) is 10.2 Å². The molecule has 2 N–H and O–H groups in total. The molecule has 1 aromatic carbocycles. The molecule has 5 heteroatoms. The number of amides is 1. The number of aromatic nitrogens is 1. The van der Waals surface area contributed by atoms with Gasteiger partial charge in [-0.3, -0.25) is 4.79 Å². The first-order chi connectivity index (χ1) is 9.15. The van der Waals surface area contributed by atoms with Crippen LogP contribution >= 0.6 is 11.3 Å². The predicted octanol–water partition coefficient (Wildman–Crippen LogP) is 3.14. The van der Waals surface area contributed by atoms with Crippen LogP contribution in [0.15, 0.2) is 18.2 Å². The maximum atomic E-state index is 12.5. The molecule has 4 nitrogen and oxygen atoms in total. The van der Waals surface area contributed by atoms with Crippen LogP contribution in [-0.4, -0.2) is 28.9 Å². The molecule has 102 valence electrons. The van der Waals surface area contributed by atoms with Gasteiger partial charge in [0.15, 0.2) is 5.13 Å². The van der Waals surface area contributed by atoms with E-state index in [-0.39, 0.29) is 5.91 Å². The van der Waals surface area contributed by atoms with Crippen LogP contribution in [0.2, 0.25) is 0 Å². The quantitative estimate of drug-likeness (QED) is 0.913. The summed E-state index contributed by atoms with van der Waals surface area (Å²) in [7, 11) is 0. The van der Waals surface area contributed by atoms with Gasteiger partial charge in [-0.15, -0.1) is 0 Å². The number of thiazole rings is 1. The summed E-state index contributed by atoms with van der Waals surface area (Å²) in [6, 6.07) is 5.59. The summed E-state index contributed by atoms with van der Waals surface area (Å²) >= 11 is 1.42. The number of carbonyl (C=O) groups is 1. The fourth-order valence-corrected chi connectivity index (χ4v) is 2.89. The van der Waals surface area contributed by atoms with Crippen molar-refractivity contribution in [3.05, 3.63) is 23.8 Å². The fourth-order valence-electron chi connectivity index (χ4n) is 2.11. The predicted molar refractivity (Wildman–Crippen MR) is 80.5 cm³/mol. The number of hydrogen-bond donors (Lipinski definition) is 1. The van der Waals surface area contributed by atoms with E-state index in [1.54, 1.807) is 0 Å². The van der Waals surface area contributed by atoms with Gasteiger partial charge < -0.3 is 10.6 Å². The molecule has 1 aromatic heterocycles. The Morgan fingerprint density at radius 3 is 2.63 bits per heavy atom. The van der Waals surface area contributed by atoms with Crippen LogP contribution < -0.4 is 5.73 Å². The number of nitrogens with two attached hydrogens (primary N) is 1. The molecule has 2 aromatic rings. The molecule has 0 aliphatic heterocycles. The third-order valence-electron chi connectivity index (χ3n) is 2.93. The standard InChI is InChI=1S/C14H19N3OS/c1-3-7-17(8-4-2)13(18)10-5-6-11-12(9-10)19-14(15)16-11/h5-6,9H,3-4,7-8H2,1-2H3,(H2,15,16). The molecule has 1 heterocycles. The van der Waals surface area contributed by atoms with E-state index in [0.717, 1.165) is 41.7 Å². The van der Waals surface area contributed by atoms with E-state index in [1.807, 2.05) is 23.1 Å². The van der Waals surface area contributed by atoms with Gasteiger partial charge in [-0.25, -0.2) is 4.98 Å². The first-order valence-electron chi connectivity index (χ1n) is 6.61. The summed E-state index contributed by atoms with van der Waals surface area (Å²) in [5, 5.41) is 0.540. The van der Waals surface area contributed by atoms with E-state index in [4.69, 9.17) is 5.73 Å². The lowest BCUT2D eigenvalue weighted by Gasteiger charge is -2.21. The average Bonchev–Trinajstić information content (AvgIpc) is 2.76. The van der Waals surface area contributed by atoms with Crippen LogP contribution in [-0.2, 0) is 0 Å². The maximum absolute atomic E-state index is 12.5. The second-order valence-corrected chi connectivity index (χ2v) is 5.59. The minimum atomic E-state index is 0.0950. The zero-order chi connectivity index (χ0) is 13.8. The third-order valence-corrected chi connectivity index (χ3v) is 3.77. The molecule has 0 saturated carbocycles. The second kappa shape index (κ2) is 6.02. The van der Waals surface area contributed by atoms with Crippen molar-refractivity contribution in [3.63, 3.8) is 0 Å². The lowest BCUT2D eigenvalue weighted by Crippen LogP contribution is -2.32. The molecule has 0 aliphatic rings. The van der Waals surface area contributed by atoms with E-state index in [9.17, 15) is 4.79 Å². The molecule has 0 aliphatic carbocycles. The monoisotopic (exact) mass is 277 g/mol. The van der Waals surface area contributed by atoms with Gasteiger partial charge in [-0.05, 0) is 31.0 Å². The summed E-state index contributed by atoms with van der Waals surface area (Å²) in [5.41, 5.74) is 7.26. The largest absolute Gasteiger partial charge is 0.375 e. The fraction of sp³-hybridized carbons (Fsp3) is 0.429. The number of anilines is 1. The van der Waals surface area contributed by atoms with Crippen molar-refractivity contribution in [1.82, 2.24) is 9.88 Å². The van der Waals surface area contributed by atoms with Crippen molar-refractivity contribution in [2.75, 3.05) is 18.8 Å². The topological polar surface area (TPSA) is 59.2 Å². The molecule has 0 saturated heterocycles. The Morgan fingerprint density at radius 1 is 1.32 bits per heavy atom. The normalized spacial score (nSPS) is 10.8. The molecular weight excluding hydrogens is 258 g/mol. The number of nitrogens with zero attached hydrogens (tertiary/aromatic N) is 2. The van der Waals surface area contributed by atoms with Gasteiger partial charge in [0.1, 0.15) is 0 Å². The number of benzene rings is 1. The van der Waals surface area contributed by atoms with Crippen molar-refractivity contribution in [2.24, 2.45) is 0 Å². The molecule has 2 rings (SSSR count). The minimum absolute atomic E-state index is 0.0950. The van der Waals surface area contributed by atoms with Crippen LogP contribution in [0.3, 0.4) is 0 Å². The summed E-state index contributed by atoms with van der Waals surface area (Å²) < 4.78 is 0.969. The highest BCUT2D eigenvalue weighted by molar-refractivity contribution is 7.22. The van der Waals surface area contributed by atoms with E-state index in [1.165, 1.54) is 11.3 Å². The van der Waals surface area contributed by atoms with E-state index in [2.05, 4.69) is 18.8 Å². The van der Waals surface area contributed by atoms with Crippen LogP contribution in [0.5, 0.6) is 0 Å². The lowest BCUT2D eigenvalue weighted by atomic mass is 10.2. The number of carbonyl (C=O) groups excluding carboxylic acids is 1. The summed E-state index contributed by atoms with van der Waals surface area (Å²) in [5.74, 6) is 0.0950. The highest BCUT2D eigenvalue weighted by Gasteiger charge is 2.15. The molecule has 0 spiro atoms. The number of hydrogen-bond acceptors (Lipinski definition) is 4. The molecule has 1 amide bonds. The molecule has 0 fully saturated rings. The Hall–Kier alpha value is -1.62. The van der Waals surface area contributed by atoms with Crippen LogP contribution in [0.25, 0.3) is 10.2 Å². The summed E-state index contributed by atoms with van der Waals surface area (Å²) in [6.45, 7) is 5.77. The van der Waals surface area contributed by atoms with Gasteiger partial charge in [0.25, 0.3) is 5.91 Å². The number of nitrogen functional groups attached to an aromatic ring is 1. The Morgan fingerprint density at radius 2 is 2.00 bits per heavy atom. The second-order valence-electron chi connectivity index (χ2n) is 4.53. The molecule has 0 radical (unpaired) electrons. The number of rotatable bonds is 5. The molecule has 19 heavy (non-hydrogen) atoms. The van der Waals surface area contributed by atoms with E-state index < -0.39 is 0 Å². The van der Waals surface area contributed by atoms with Crippen LogP contribution in [0, 0.1) is 0 Å². The maximum Gasteiger partial charge on any atom is 0.253 e. The third kappa shape index (κ3) is 3.04. The van der Waals surface area contributed by atoms with Crippen molar-refractivity contribution in [1.29, 1.82) is 0 Å². The lowest BCUT2D eigenvalue weighted by molar-refractivity contribution is 0.0756. The van der Waals surface area contributed by atoms with Crippen molar-refractivity contribution >= 4 is 32.6 Å². The van der Waals surface area contributed by atoms with E-state index in [0.29, 0.717) is 5.13 Å². The van der Waals surface area contributed by atoms with Gasteiger partial charge in [0.2, 0.25) is 0 Å². The van der Waals surface area contributed by atoms with Crippen LogP contribution in [0.4, 0.5) is 5.13 Å². The summed E-state index contributed by atoms with van der Waals surface area (Å²) in [4.78, 5) is 18.6. The molecule has 0 atom stereocenters. The smallest absolute Gasteiger partial charge is 0.253 e. The van der Waals surface area contributed by atoms with Crippen molar-refractivity contribution in [3.8, 4) is 0 Å². The van der Waals surface area contributed by atoms with Gasteiger partial charge in [-0.2, -0.15) is 0 Å². The minimum Gasteiger partial charge on any atom is -0.375 e. The zero-order valence-electron chi connectivity index (χ0n) is 11.3. The SMILES string of the molecule is CCCN(CCC)C(=O)c1ccc2nc(N)sc2c1. The van der Waals surface area contributed by atoms with Crippen LogP contribution in [0.1, 0.15) is 37.0 Å². The summed E-state index contributed by atoms with van der Waals surface area (Å²) in [6.07, 6.45) is 1.95. The van der Waals surface area contributed by atoms with Gasteiger partial charge >= 0.3 is 0 Å². The number of fused-ring (bicyclic) bond motifs is 1. The van der Waals surface area contributed by atoms with Crippen molar-refractivity contribution in [2.45, 2.75) is 26.7 Å². The van der Waals surface area contributed by atoms with Gasteiger partial charge in [0, 0.05) is 18.7 Å². The van der Waals surface area contributed by atoms with Crippen molar-refractivity contribution < 1.29 is 4.79 Å².